The first-order chi connectivity index (χ1) is 8.36. The first-order valence-corrected chi connectivity index (χ1v) is 6.84. The molecular weight excluding hydrogens is 212 g/mol. The first-order valence-electron chi connectivity index (χ1n) is 6.84. The number of nitrogens with zero attached hydrogens (tertiary/aromatic N) is 3. The number of rotatable bonds is 5. The lowest BCUT2D eigenvalue weighted by Gasteiger charge is -2.15. The lowest BCUT2D eigenvalue weighted by atomic mass is 10.2. The van der Waals surface area contributed by atoms with E-state index in [2.05, 4.69) is 32.9 Å². The van der Waals surface area contributed by atoms with Gasteiger partial charge < -0.3 is 9.88 Å². The maximum absolute atomic E-state index is 4.40. The summed E-state index contributed by atoms with van der Waals surface area (Å²) in [6, 6.07) is 1.58. The number of aromatic nitrogens is 2. The molecule has 2 aliphatic rings. The van der Waals surface area contributed by atoms with Gasteiger partial charge in [-0.1, -0.05) is 0 Å². The lowest BCUT2D eigenvalue weighted by Crippen LogP contribution is -2.33. The molecule has 0 amide bonds. The van der Waals surface area contributed by atoms with E-state index in [4.69, 9.17) is 0 Å². The quantitative estimate of drug-likeness (QED) is 0.832. The fourth-order valence-electron chi connectivity index (χ4n) is 2.76. The summed E-state index contributed by atoms with van der Waals surface area (Å²) in [6.07, 6.45) is 8.09. The molecule has 1 aliphatic carbocycles. The molecule has 17 heavy (non-hydrogen) atoms. The van der Waals surface area contributed by atoms with Crippen LogP contribution in [-0.2, 0) is 13.1 Å². The van der Waals surface area contributed by atoms with Crippen LogP contribution in [0.25, 0.3) is 0 Å². The van der Waals surface area contributed by atoms with Crippen LogP contribution in [0.1, 0.15) is 32.0 Å². The zero-order chi connectivity index (χ0) is 11.7. The van der Waals surface area contributed by atoms with Gasteiger partial charge in [-0.25, -0.2) is 4.98 Å². The van der Waals surface area contributed by atoms with E-state index in [-0.39, 0.29) is 0 Å². The highest BCUT2D eigenvalue weighted by Crippen LogP contribution is 2.29. The van der Waals surface area contributed by atoms with Gasteiger partial charge in [-0.15, -0.1) is 0 Å². The fraction of sp³-hybridized carbons (Fsp3) is 0.769. The van der Waals surface area contributed by atoms with Gasteiger partial charge in [0.05, 0.1) is 6.54 Å². The summed E-state index contributed by atoms with van der Waals surface area (Å²) in [6.45, 7) is 6.59. The van der Waals surface area contributed by atoms with Crippen molar-refractivity contribution < 1.29 is 0 Å². The van der Waals surface area contributed by atoms with Crippen LogP contribution in [0.3, 0.4) is 0 Å². The molecule has 94 valence electrons. The van der Waals surface area contributed by atoms with Crippen LogP contribution in [-0.4, -0.2) is 39.6 Å². The molecule has 0 radical (unpaired) electrons. The van der Waals surface area contributed by atoms with E-state index < -0.39 is 0 Å². The van der Waals surface area contributed by atoms with Gasteiger partial charge in [0.25, 0.3) is 0 Å². The van der Waals surface area contributed by atoms with Crippen molar-refractivity contribution in [1.82, 2.24) is 19.8 Å². The van der Waals surface area contributed by atoms with Crippen molar-refractivity contribution in [3.8, 4) is 0 Å². The lowest BCUT2D eigenvalue weighted by molar-refractivity contribution is 0.317. The molecule has 0 bridgehead atoms. The number of aryl methyl sites for hydroxylation is 1. The average molecular weight is 234 g/mol. The van der Waals surface area contributed by atoms with E-state index in [1.54, 1.807) is 0 Å². The second-order valence-corrected chi connectivity index (χ2v) is 5.22. The molecule has 3 rings (SSSR count). The minimum absolute atomic E-state index is 0.664. The van der Waals surface area contributed by atoms with Crippen molar-refractivity contribution in [2.24, 2.45) is 0 Å². The van der Waals surface area contributed by atoms with E-state index in [1.165, 1.54) is 32.4 Å². The van der Waals surface area contributed by atoms with Gasteiger partial charge in [0, 0.05) is 44.1 Å². The molecule has 1 saturated carbocycles. The summed E-state index contributed by atoms with van der Waals surface area (Å²) in [5.74, 6) is 1.16. The SMILES string of the molecule is CCn1ccnc1CNC1CCN(C2CC2)C1. The van der Waals surface area contributed by atoms with E-state index in [0.717, 1.165) is 25.0 Å². The predicted molar refractivity (Wildman–Crippen MR) is 67.7 cm³/mol. The normalized spacial score (nSPS) is 25.6. The second kappa shape index (κ2) is 4.78. The van der Waals surface area contributed by atoms with Crippen LogP contribution >= 0.6 is 0 Å². The number of imidazole rings is 1. The maximum atomic E-state index is 4.40. The Balaban J connectivity index is 1.48. The van der Waals surface area contributed by atoms with E-state index >= 15 is 0 Å². The van der Waals surface area contributed by atoms with Gasteiger partial charge in [-0.2, -0.15) is 0 Å². The molecular formula is C13H22N4. The molecule has 2 fully saturated rings. The number of hydrogen-bond donors (Lipinski definition) is 1. The molecule has 0 aromatic carbocycles. The van der Waals surface area contributed by atoms with Crippen molar-refractivity contribution in [3.63, 3.8) is 0 Å². The Kier molecular flexibility index (Phi) is 3.16. The number of hydrogen-bond acceptors (Lipinski definition) is 3. The average Bonchev–Trinajstić information content (AvgIpc) is 2.93. The van der Waals surface area contributed by atoms with E-state index in [0.29, 0.717) is 6.04 Å². The second-order valence-electron chi connectivity index (χ2n) is 5.22. The topological polar surface area (TPSA) is 33.1 Å². The summed E-state index contributed by atoms with van der Waals surface area (Å²) in [5.41, 5.74) is 0. The largest absolute Gasteiger partial charge is 0.334 e. The summed E-state index contributed by atoms with van der Waals surface area (Å²) in [4.78, 5) is 7.04. The van der Waals surface area contributed by atoms with Crippen LogP contribution in [0, 0.1) is 0 Å². The molecule has 4 nitrogen and oxygen atoms in total. The minimum atomic E-state index is 0.664. The standard InChI is InChI=1S/C13H22N4/c1-2-16-8-6-14-13(16)9-15-11-5-7-17(10-11)12-3-4-12/h6,8,11-12,15H,2-5,7,9-10H2,1H3. The van der Waals surface area contributed by atoms with Gasteiger partial charge in [0.1, 0.15) is 5.82 Å². The monoisotopic (exact) mass is 234 g/mol. The van der Waals surface area contributed by atoms with Crippen molar-refractivity contribution in [3.05, 3.63) is 18.2 Å². The Morgan fingerprint density at radius 2 is 2.29 bits per heavy atom. The number of nitrogens with one attached hydrogen (secondary N) is 1. The van der Waals surface area contributed by atoms with E-state index in [1.807, 2.05) is 6.20 Å². The Morgan fingerprint density at radius 3 is 3.06 bits per heavy atom. The van der Waals surface area contributed by atoms with Gasteiger partial charge in [-0.05, 0) is 26.2 Å². The van der Waals surface area contributed by atoms with Crippen molar-refractivity contribution in [2.45, 2.75) is 51.4 Å². The zero-order valence-corrected chi connectivity index (χ0v) is 10.6. The van der Waals surface area contributed by atoms with Crippen LogP contribution in [0.2, 0.25) is 0 Å². The first kappa shape index (κ1) is 11.2. The molecule has 0 spiro atoms. The van der Waals surface area contributed by atoms with Crippen molar-refractivity contribution >= 4 is 0 Å². The van der Waals surface area contributed by atoms with Crippen LogP contribution in [0.4, 0.5) is 0 Å². The highest BCUT2D eigenvalue weighted by molar-refractivity contribution is 4.95. The van der Waals surface area contributed by atoms with Crippen LogP contribution < -0.4 is 5.32 Å². The Labute approximate surface area is 103 Å². The molecule has 1 unspecified atom stereocenters. The highest BCUT2D eigenvalue weighted by Gasteiger charge is 2.34. The molecule has 1 aromatic rings. The van der Waals surface area contributed by atoms with Crippen LogP contribution in [0.5, 0.6) is 0 Å². The third kappa shape index (κ3) is 2.53. The smallest absolute Gasteiger partial charge is 0.122 e. The molecule has 4 heteroatoms. The molecule has 1 saturated heterocycles. The van der Waals surface area contributed by atoms with Gasteiger partial charge in [0.2, 0.25) is 0 Å². The molecule has 1 atom stereocenters. The molecule has 1 aliphatic heterocycles. The Hall–Kier alpha value is -0.870. The molecule has 2 heterocycles. The van der Waals surface area contributed by atoms with Crippen molar-refractivity contribution in [1.29, 1.82) is 0 Å². The summed E-state index contributed by atoms with van der Waals surface area (Å²) in [7, 11) is 0. The van der Waals surface area contributed by atoms with Crippen molar-refractivity contribution in [2.75, 3.05) is 13.1 Å². The van der Waals surface area contributed by atoms with Gasteiger partial charge >= 0.3 is 0 Å². The molecule has 1 N–H and O–H groups in total. The fourth-order valence-corrected chi connectivity index (χ4v) is 2.76. The van der Waals surface area contributed by atoms with E-state index in [9.17, 15) is 0 Å². The van der Waals surface area contributed by atoms with Gasteiger partial charge in [-0.3, -0.25) is 4.90 Å². The maximum Gasteiger partial charge on any atom is 0.122 e. The Bertz CT molecular complexity index is 369. The summed E-state index contributed by atoms with van der Waals surface area (Å²) in [5, 5.41) is 3.65. The number of likely N-dealkylation sites (tertiary alicyclic amines) is 1. The summed E-state index contributed by atoms with van der Waals surface area (Å²) < 4.78 is 2.21. The Morgan fingerprint density at radius 1 is 1.41 bits per heavy atom. The molecule has 1 aromatic heterocycles. The zero-order valence-electron chi connectivity index (χ0n) is 10.6. The van der Waals surface area contributed by atoms with Crippen LogP contribution in [0.15, 0.2) is 12.4 Å². The minimum Gasteiger partial charge on any atom is -0.334 e. The van der Waals surface area contributed by atoms with Gasteiger partial charge in [0.15, 0.2) is 0 Å². The third-order valence-corrected chi connectivity index (χ3v) is 3.97. The highest BCUT2D eigenvalue weighted by atomic mass is 15.2. The third-order valence-electron chi connectivity index (χ3n) is 3.97. The summed E-state index contributed by atoms with van der Waals surface area (Å²) >= 11 is 0. The predicted octanol–water partition coefficient (Wildman–Crippen LogP) is 1.23.